The van der Waals surface area contributed by atoms with Gasteiger partial charge >= 0.3 is 5.97 Å². The first-order valence-corrected chi connectivity index (χ1v) is 13.2. The van der Waals surface area contributed by atoms with E-state index in [0.29, 0.717) is 26.4 Å². The van der Waals surface area contributed by atoms with Gasteiger partial charge in [-0.25, -0.2) is 9.79 Å². The highest BCUT2D eigenvalue weighted by molar-refractivity contribution is 7.10. The summed E-state index contributed by atoms with van der Waals surface area (Å²) in [6.45, 7) is 8.06. The molecule has 1 atom stereocenters. The number of fused-ring (bicyclic) bond motifs is 1. The molecule has 0 unspecified atom stereocenters. The van der Waals surface area contributed by atoms with Crippen LogP contribution in [-0.2, 0) is 9.53 Å². The number of esters is 1. The number of thiophene rings is 1. The fourth-order valence-corrected chi connectivity index (χ4v) is 6.31. The smallest absolute Gasteiger partial charge is 0.338 e. The lowest BCUT2D eigenvalue weighted by molar-refractivity contribution is -0.139. The number of anilines is 1. The third kappa shape index (κ3) is 4.18. The van der Waals surface area contributed by atoms with Gasteiger partial charge in [-0.2, -0.15) is 0 Å². The van der Waals surface area contributed by atoms with Crippen molar-refractivity contribution >= 4 is 40.6 Å². The monoisotopic (exact) mass is 497 g/mol. The maximum atomic E-state index is 13.6. The summed E-state index contributed by atoms with van der Waals surface area (Å²) in [5.41, 5.74) is 0.785. The molecule has 3 aromatic rings. The van der Waals surface area contributed by atoms with E-state index in [1.165, 1.54) is 22.7 Å². The molecule has 0 N–H and O–H groups in total. The number of rotatable bonds is 5. The average Bonchev–Trinajstić information content (AvgIpc) is 3.56. The molecule has 0 aromatic carbocycles. The molecule has 9 heteroatoms. The molecular weight excluding hydrogens is 470 g/mol. The van der Waals surface area contributed by atoms with Crippen LogP contribution in [-0.4, -0.2) is 30.2 Å². The molecular formula is C25H27N3O4S2. The van der Waals surface area contributed by atoms with Gasteiger partial charge < -0.3 is 14.1 Å². The van der Waals surface area contributed by atoms with Crippen LogP contribution in [0.5, 0.6) is 0 Å². The number of carbonyl (C=O) groups excluding carboxylic acids is 1. The summed E-state index contributed by atoms with van der Waals surface area (Å²) in [5.74, 6) is 1.77. The number of carbonyl (C=O) groups is 1. The number of furan rings is 1. The van der Waals surface area contributed by atoms with Crippen LogP contribution < -0.4 is 19.8 Å². The van der Waals surface area contributed by atoms with E-state index in [0.717, 1.165) is 42.6 Å². The van der Waals surface area contributed by atoms with Crippen molar-refractivity contribution in [3.05, 3.63) is 71.2 Å². The van der Waals surface area contributed by atoms with Crippen molar-refractivity contribution in [2.45, 2.75) is 39.7 Å². The molecule has 0 amide bonds. The molecule has 2 aliphatic heterocycles. The van der Waals surface area contributed by atoms with E-state index in [2.05, 4.69) is 16.8 Å². The topological polar surface area (TPSA) is 77.0 Å². The van der Waals surface area contributed by atoms with Crippen molar-refractivity contribution in [1.29, 1.82) is 0 Å². The van der Waals surface area contributed by atoms with Gasteiger partial charge in [0.25, 0.3) is 5.56 Å². The first-order valence-electron chi connectivity index (χ1n) is 11.5. The van der Waals surface area contributed by atoms with Gasteiger partial charge in [0.05, 0.1) is 22.4 Å². The van der Waals surface area contributed by atoms with Crippen LogP contribution >= 0.6 is 22.7 Å². The SMILES string of the molecule is CCOC(=O)C1=C(C)N=c2s/c(=C/c3ccc(N4CCC(C)CC4)o3)c(=O)n2[C@H]1c1cccs1. The van der Waals surface area contributed by atoms with Crippen molar-refractivity contribution in [3.8, 4) is 0 Å². The van der Waals surface area contributed by atoms with Gasteiger partial charge in [0.2, 0.25) is 0 Å². The molecule has 34 heavy (non-hydrogen) atoms. The molecule has 5 heterocycles. The number of allylic oxidation sites excluding steroid dienone is 1. The summed E-state index contributed by atoms with van der Waals surface area (Å²) in [6, 6.07) is 7.16. The van der Waals surface area contributed by atoms with Gasteiger partial charge in [-0.15, -0.1) is 11.3 Å². The molecule has 1 saturated heterocycles. The van der Waals surface area contributed by atoms with Crippen LogP contribution in [0.2, 0.25) is 0 Å². The number of nitrogens with zero attached hydrogens (tertiary/aromatic N) is 3. The number of thiazole rings is 1. The molecule has 1 fully saturated rings. The molecule has 178 valence electrons. The quantitative estimate of drug-likeness (QED) is 0.503. The van der Waals surface area contributed by atoms with E-state index < -0.39 is 12.0 Å². The Hall–Kier alpha value is -2.91. The van der Waals surface area contributed by atoms with Gasteiger partial charge in [0.1, 0.15) is 11.8 Å². The second-order valence-electron chi connectivity index (χ2n) is 8.66. The third-order valence-electron chi connectivity index (χ3n) is 6.31. The zero-order chi connectivity index (χ0) is 23.8. The van der Waals surface area contributed by atoms with Crippen molar-refractivity contribution < 1.29 is 13.9 Å². The first-order chi connectivity index (χ1) is 16.5. The van der Waals surface area contributed by atoms with Crippen molar-refractivity contribution in [2.24, 2.45) is 10.9 Å². The van der Waals surface area contributed by atoms with Gasteiger partial charge in [-0.1, -0.05) is 24.3 Å². The summed E-state index contributed by atoms with van der Waals surface area (Å²) < 4.78 is 13.5. The average molecular weight is 498 g/mol. The number of piperidine rings is 1. The van der Waals surface area contributed by atoms with E-state index in [1.807, 2.05) is 29.6 Å². The fourth-order valence-electron chi connectivity index (χ4n) is 4.46. The van der Waals surface area contributed by atoms with Crippen molar-refractivity contribution in [2.75, 3.05) is 24.6 Å². The Labute approximate surface area is 205 Å². The van der Waals surface area contributed by atoms with Crippen LogP contribution in [0.15, 0.2) is 55.1 Å². The highest BCUT2D eigenvalue weighted by Gasteiger charge is 2.34. The fraction of sp³-hybridized carbons (Fsp3) is 0.400. The molecule has 0 aliphatic carbocycles. The Morgan fingerprint density at radius 2 is 2.09 bits per heavy atom. The summed E-state index contributed by atoms with van der Waals surface area (Å²) >= 11 is 2.81. The Bertz CT molecular complexity index is 1400. The maximum absolute atomic E-state index is 13.6. The summed E-state index contributed by atoms with van der Waals surface area (Å²) in [5, 5.41) is 1.94. The zero-order valence-electron chi connectivity index (χ0n) is 19.4. The van der Waals surface area contributed by atoms with Crippen molar-refractivity contribution in [3.63, 3.8) is 0 Å². The highest BCUT2D eigenvalue weighted by atomic mass is 32.1. The largest absolute Gasteiger partial charge is 0.463 e. The molecule has 0 bridgehead atoms. The predicted octanol–water partition coefficient (Wildman–Crippen LogP) is 3.69. The number of aromatic nitrogens is 1. The number of hydrogen-bond acceptors (Lipinski definition) is 8. The second kappa shape index (κ2) is 9.38. The molecule has 0 saturated carbocycles. The third-order valence-corrected chi connectivity index (χ3v) is 8.22. The van der Waals surface area contributed by atoms with Crippen LogP contribution in [0.1, 0.15) is 50.3 Å². The Morgan fingerprint density at radius 3 is 2.79 bits per heavy atom. The summed E-state index contributed by atoms with van der Waals surface area (Å²) in [7, 11) is 0. The predicted molar refractivity (Wildman–Crippen MR) is 134 cm³/mol. The molecule has 7 nitrogen and oxygen atoms in total. The lowest BCUT2D eigenvalue weighted by Crippen LogP contribution is -2.39. The molecule has 3 aromatic heterocycles. The van der Waals surface area contributed by atoms with Crippen LogP contribution in [0.3, 0.4) is 0 Å². The van der Waals surface area contributed by atoms with Gasteiger partial charge in [0, 0.05) is 30.1 Å². The lowest BCUT2D eigenvalue weighted by Gasteiger charge is -2.29. The van der Waals surface area contributed by atoms with Gasteiger partial charge in [0.15, 0.2) is 10.7 Å². The van der Waals surface area contributed by atoms with Gasteiger partial charge in [-0.3, -0.25) is 9.36 Å². The van der Waals surface area contributed by atoms with E-state index in [9.17, 15) is 9.59 Å². The van der Waals surface area contributed by atoms with E-state index in [4.69, 9.17) is 9.15 Å². The Kier molecular flexibility index (Phi) is 6.31. The summed E-state index contributed by atoms with van der Waals surface area (Å²) in [6.07, 6.45) is 4.08. The molecule has 0 spiro atoms. The minimum absolute atomic E-state index is 0.193. The van der Waals surface area contributed by atoms with Crippen LogP contribution in [0, 0.1) is 5.92 Å². The molecule has 2 aliphatic rings. The molecule has 5 rings (SSSR count). The second-order valence-corrected chi connectivity index (χ2v) is 10.7. The number of hydrogen-bond donors (Lipinski definition) is 0. The van der Waals surface area contributed by atoms with Crippen molar-refractivity contribution in [1.82, 2.24) is 4.57 Å². The number of ether oxygens (including phenoxy) is 1. The normalized spacial score (nSPS) is 19.3. The van der Waals surface area contributed by atoms with Gasteiger partial charge in [-0.05, 0) is 50.1 Å². The van der Waals surface area contributed by atoms with E-state index in [-0.39, 0.29) is 12.2 Å². The van der Waals surface area contributed by atoms with Crippen LogP contribution in [0.4, 0.5) is 5.88 Å². The maximum Gasteiger partial charge on any atom is 0.338 e. The Balaban J connectivity index is 1.55. The Morgan fingerprint density at radius 1 is 1.29 bits per heavy atom. The van der Waals surface area contributed by atoms with Crippen LogP contribution in [0.25, 0.3) is 6.08 Å². The minimum Gasteiger partial charge on any atom is -0.463 e. The lowest BCUT2D eigenvalue weighted by atomic mass is 9.99. The zero-order valence-corrected chi connectivity index (χ0v) is 21.1. The first kappa shape index (κ1) is 22.9. The van der Waals surface area contributed by atoms with E-state index >= 15 is 0 Å². The molecule has 0 radical (unpaired) electrons. The highest BCUT2D eigenvalue weighted by Crippen LogP contribution is 2.33. The van der Waals surface area contributed by atoms with E-state index in [1.54, 1.807) is 24.5 Å². The minimum atomic E-state index is -0.556. The standard InChI is InChI=1S/C25H27N3O4S2/c1-4-31-24(30)21-16(3)26-25-28(22(21)18-6-5-13-33-18)23(29)19(34-25)14-17-7-8-20(32-17)27-11-9-15(2)10-12-27/h5-8,13-15,22H,4,9-12H2,1-3H3/b19-14+/t22-/m0/s1. The summed E-state index contributed by atoms with van der Waals surface area (Å²) in [4.78, 5) is 34.7.